The van der Waals surface area contributed by atoms with Crippen LogP contribution < -0.4 is 15.6 Å². The van der Waals surface area contributed by atoms with E-state index in [0.717, 1.165) is 24.5 Å². The Hall–Kier alpha value is -3.24. The molecule has 4 rings (SSSR count). The van der Waals surface area contributed by atoms with E-state index < -0.39 is 40.4 Å². The fraction of sp³-hybridized carbons (Fsp3) is 0.462. The molecule has 198 valence electrons. The zero-order valence-corrected chi connectivity index (χ0v) is 21.7. The molecule has 2 aliphatic rings. The number of ether oxygens (including phenoxy) is 2. The topological polar surface area (TPSA) is 107 Å². The number of ketones is 1. The number of nitrogens with one attached hydrogen (secondary N) is 1. The number of carbonyl (C=O) groups is 3. The van der Waals surface area contributed by atoms with Crippen LogP contribution in [0.1, 0.15) is 43.1 Å². The molecule has 0 saturated heterocycles. The van der Waals surface area contributed by atoms with Gasteiger partial charge in [-0.1, -0.05) is 17.7 Å². The van der Waals surface area contributed by atoms with Crippen LogP contribution in [0.3, 0.4) is 0 Å². The molecule has 1 aromatic carbocycles. The maximum atomic E-state index is 15.5. The van der Waals surface area contributed by atoms with E-state index in [2.05, 4.69) is 5.32 Å². The Kier molecular flexibility index (Phi) is 7.99. The number of nitrogens with zero attached hydrogens (tertiary/aromatic N) is 2. The molecule has 1 N–H and O–H groups in total. The molecule has 2 aromatic rings. The summed E-state index contributed by atoms with van der Waals surface area (Å²) >= 11 is 6.77. The molecule has 1 aliphatic carbocycles. The fourth-order valence-electron chi connectivity index (χ4n) is 4.59. The van der Waals surface area contributed by atoms with Crippen LogP contribution in [-0.2, 0) is 19.1 Å². The number of pyridine rings is 1. The number of aromatic nitrogens is 1. The number of hydrogen-bond donors (Lipinski definition) is 1. The number of benzene rings is 1. The van der Waals surface area contributed by atoms with Crippen molar-refractivity contribution in [2.45, 2.75) is 32.7 Å². The van der Waals surface area contributed by atoms with Crippen LogP contribution in [0.2, 0.25) is 5.02 Å². The first-order valence-electron chi connectivity index (χ1n) is 12.2. The lowest BCUT2D eigenvalue weighted by Gasteiger charge is -2.24. The first-order valence-corrected chi connectivity index (χ1v) is 12.6. The van der Waals surface area contributed by atoms with Crippen LogP contribution in [0.4, 0.5) is 10.1 Å². The first kappa shape index (κ1) is 26.8. The van der Waals surface area contributed by atoms with Crippen molar-refractivity contribution in [3.05, 3.63) is 50.5 Å². The molecular formula is C26H29ClFN3O6. The maximum absolute atomic E-state index is 15.5. The number of esters is 2. The van der Waals surface area contributed by atoms with Crippen LogP contribution in [-0.4, -0.2) is 62.2 Å². The fourth-order valence-corrected chi connectivity index (χ4v) is 5.00. The molecule has 0 unspecified atom stereocenters. The number of carbonyl (C=O) groups excluding carboxylic acids is 3. The number of anilines is 1. The van der Waals surface area contributed by atoms with Gasteiger partial charge in [-0.15, -0.1) is 0 Å². The lowest BCUT2D eigenvalue weighted by Crippen LogP contribution is -2.37. The highest BCUT2D eigenvalue weighted by Crippen LogP contribution is 2.42. The van der Waals surface area contributed by atoms with Crippen molar-refractivity contribution in [3.63, 3.8) is 0 Å². The minimum Gasteiger partial charge on any atom is -0.465 e. The average Bonchev–Trinajstić information content (AvgIpc) is 3.59. The SMILES string of the molecule is CCOC(=O)C(C(=O)OCC)C(=O)c1cn(C2CC2)c2c(Cl)c(N3CC=C(CNC)C3)c(F)cc2c1=O. The molecule has 0 spiro atoms. The Labute approximate surface area is 218 Å². The van der Waals surface area contributed by atoms with E-state index in [1.54, 1.807) is 9.47 Å². The summed E-state index contributed by atoms with van der Waals surface area (Å²) in [5.74, 6) is -5.94. The van der Waals surface area contributed by atoms with Gasteiger partial charge in [-0.2, -0.15) is 0 Å². The van der Waals surface area contributed by atoms with Gasteiger partial charge < -0.3 is 24.3 Å². The van der Waals surface area contributed by atoms with Crippen LogP contribution in [0.5, 0.6) is 0 Å². The molecule has 1 fully saturated rings. The van der Waals surface area contributed by atoms with E-state index in [1.807, 2.05) is 13.1 Å². The van der Waals surface area contributed by atoms with Gasteiger partial charge in [-0.05, 0) is 45.4 Å². The Morgan fingerprint density at radius 2 is 1.84 bits per heavy atom. The summed E-state index contributed by atoms with van der Waals surface area (Å²) in [7, 11) is 1.83. The summed E-state index contributed by atoms with van der Waals surface area (Å²) in [4.78, 5) is 53.7. The summed E-state index contributed by atoms with van der Waals surface area (Å²) in [5, 5.41) is 3.05. The second kappa shape index (κ2) is 11.0. The van der Waals surface area contributed by atoms with Gasteiger partial charge in [0.2, 0.25) is 5.92 Å². The number of halogens is 2. The molecular weight excluding hydrogens is 505 g/mol. The van der Waals surface area contributed by atoms with Gasteiger partial charge >= 0.3 is 11.9 Å². The molecule has 0 bridgehead atoms. The highest BCUT2D eigenvalue weighted by Gasteiger charge is 2.40. The number of fused-ring (bicyclic) bond motifs is 1. The van der Waals surface area contributed by atoms with Crippen LogP contribution in [0.25, 0.3) is 10.9 Å². The van der Waals surface area contributed by atoms with Crippen LogP contribution >= 0.6 is 11.6 Å². The van der Waals surface area contributed by atoms with Crippen molar-refractivity contribution in [3.8, 4) is 0 Å². The Bertz CT molecular complexity index is 1330. The van der Waals surface area contributed by atoms with Crippen molar-refractivity contribution in [1.29, 1.82) is 0 Å². The molecule has 11 heteroatoms. The third-order valence-corrected chi connectivity index (χ3v) is 6.77. The van der Waals surface area contributed by atoms with E-state index in [9.17, 15) is 19.2 Å². The van der Waals surface area contributed by atoms with Crippen molar-refractivity contribution in [2.24, 2.45) is 5.92 Å². The van der Waals surface area contributed by atoms with Gasteiger partial charge in [0.25, 0.3) is 0 Å². The van der Waals surface area contributed by atoms with Gasteiger partial charge in [0.05, 0.1) is 40.4 Å². The standard InChI is InChI=1S/C26H29ClFN3O6/c1-4-36-25(34)19(26(35)37-5-2)24(33)17-13-31(15-6-7-15)21-16(23(17)32)10-18(28)22(20(21)27)30-9-8-14(12-30)11-29-3/h8,10,13,15,19,29H,4-7,9,11-12H2,1-3H3. The first-order chi connectivity index (χ1) is 17.7. The van der Waals surface area contributed by atoms with E-state index in [4.69, 9.17) is 21.1 Å². The molecule has 1 aromatic heterocycles. The van der Waals surface area contributed by atoms with Gasteiger partial charge in [0.1, 0.15) is 5.82 Å². The van der Waals surface area contributed by atoms with Gasteiger partial charge in [-0.3, -0.25) is 19.2 Å². The van der Waals surface area contributed by atoms with Crippen molar-refractivity contribution < 1.29 is 28.2 Å². The van der Waals surface area contributed by atoms with Gasteiger partial charge in [0.15, 0.2) is 11.2 Å². The monoisotopic (exact) mass is 533 g/mol. The second-order valence-corrected chi connectivity index (χ2v) is 9.38. The summed E-state index contributed by atoms with van der Waals surface area (Å²) in [6.07, 6.45) is 4.85. The van der Waals surface area contributed by atoms with Crippen molar-refractivity contribution >= 4 is 45.9 Å². The smallest absolute Gasteiger partial charge is 0.328 e. The minimum atomic E-state index is -1.96. The molecule has 9 nitrogen and oxygen atoms in total. The molecule has 1 saturated carbocycles. The highest BCUT2D eigenvalue weighted by atomic mass is 35.5. The normalized spacial score (nSPS) is 15.3. The van der Waals surface area contributed by atoms with Crippen LogP contribution in [0, 0.1) is 11.7 Å². The summed E-state index contributed by atoms with van der Waals surface area (Å²) < 4.78 is 27.0. The number of likely N-dealkylation sites (N-methyl/N-ethyl adjacent to an activating group) is 1. The summed E-state index contributed by atoms with van der Waals surface area (Å²) in [6, 6.07) is 1.01. The van der Waals surface area contributed by atoms with E-state index in [-0.39, 0.29) is 35.4 Å². The Morgan fingerprint density at radius 3 is 2.41 bits per heavy atom. The molecule has 2 heterocycles. The Morgan fingerprint density at radius 1 is 1.19 bits per heavy atom. The Balaban J connectivity index is 1.85. The van der Waals surface area contributed by atoms with E-state index in [1.165, 1.54) is 20.0 Å². The molecule has 0 atom stereocenters. The summed E-state index contributed by atoms with van der Waals surface area (Å²) in [6.45, 7) is 4.51. The maximum Gasteiger partial charge on any atom is 0.328 e. The van der Waals surface area contributed by atoms with E-state index >= 15 is 4.39 Å². The third-order valence-electron chi connectivity index (χ3n) is 6.41. The van der Waals surface area contributed by atoms with Crippen molar-refractivity contribution in [1.82, 2.24) is 9.88 Å². The quantitative estimate of drug-likeness (QED) is 0.215. The minimum absolute atomic E-state index is 0.0642. The van der Waals surface area contributed by atoms with Crippen LogP contribution in [0.15, 0.2) is 28.7 Å². The van der Waals surface area contributed by atoms with Gasteiger partial charge in [0, 0.05) is 31.9 Å². The lowest BCUT2D eigenvalue weighted by atomic mass is 9.96. The third kappa shape index (κ3) is 5.13. The van der Waals surface area contributed by atoms with E-state index in [0.29, 0.717) is 25.2 Å². The number of Topliss-reactive ketones (excluding diaryl/α,β-unsaturated/α-hetero) is 1. The lowest BCUT2D eigenvalue weighted by molar-refractivity contribution is -0.158. The van der Waals surface area contributed by atoms with Crippen molar-refractivity contribution in [2.75, 3.05) is 44.8 Å². The molecule has 1 aliphatic heterocycles. The summed E-state index contributed by atoms with van der Waals surface area (Å²) in [5.41, 5.74) is 0.335. The molecule has 0 amide bonds. The number of rotatable bonds is 10. The predicted octanol–water partition coefficient (Wildman–Crippen LogP) is 3.02. The zero-order chi connectivity index (χ0) is 26.9. The van der Waals surface area contributed by atoms with Gasteiger partial charge in [-0.25, -0.2) is 4.39 Å². The average molecular weight is 534 g/mol. The highest BCUT2D eigenvalue weighted by molar-refractivity contribution is 6.38. The zero-order valence-electron chi connectivity index (χ0n) is 20.9. The second-order valence-electron chi connectivity index (χ2n) is 9.00. The number of hydrogen-bond acceptors (Lipinski definition) is 8. The molecule has 0 radical (unpaired) electrons. The largest absolute Gasteiger partial charge is 0.465 e. The predicted molar refractivity (Wildman–Crippen MR) is 137 cm³/mol. The molecule has 37 heavy (non-hydrogen) atoms.